The first-order valence-corrected chi connectivity index (χ1v) is 4.80. The maximum atomic E-state index is 9.11. The Labute approximate surface area is 88.2 Å². The van der Waals surface area contributed by atoms with Crippen molar-refractivity contribution in [1.29, 1.82) is 0 Å². The van der Waals surface area contributed by atoms with Gasteiger partial charge in [-0.25, -0.2) is 0 Å². The van der Waals surface area contributed by atoms with Crippen molar-refractivity contribution in [1.82, 2.24) is 14.8 Å². The smallest absolute Gasteiger partial charge is 0.163 e. The maximum absolute atomic E-state index is 9.11. The fourth-order valence-corrected chi connectivity index (χ4v) is 1.55. The van der Waals surface area contributed by atoms with Crippen LogP contribution >= 0.6 is 0 Å². The zero-order valence-corrected chi connectivity index (χ0v) is 8.81. The molecule has 15 heavy (non-hydrogen) atoms. The number of benzene rings is 1. The molecule has 0 atom stereocenters. The first kappa shape index (κ1) is 9.86. The summed E-state index contributed by atoms with van der Waals surface area (Å²) >= 11 is 0. The Morgan fingerprint density at radius 1 is 1.33 bits per heavy atom. The molecule has 0 bridgehead atoms. The number of nitrogens with zero attached hydrogens (tertiary/aromatic N) is 3. The molecular formula is C11H13N3O. The lowest BCUT2D eigenvalue weighted by molar-refractivity contribution is 0.269. The van der Waals surface area contributed by atoms with Gasteiger partial charge < -0.3 is 5.11 Å². The highest BCUT2D eigenvalue weighted by Crippen LogP contribution is 2.16. The van der Waals surface area contributed by atoms with Gasteiger partial charge in [0.1, 0.15) is 12.9 Å². The fraction of sp³-hybridized carbons (Fsp3) is 0.273. The predicted molar refractivity (Wildman–Crippen MR) is 56.8 cm³/mol. The number of hydrogen-bond acceptors (Lipinski definition) is 3. The van der Waals surface area contributed by atoms with E-state index in [4.69, 9.17) is 5.11 Å². The first-order chi connectivity index (χ1) is 7.22. The van der Waals surface area contributed by atoms with E-state index in [1.54, 1.807) is 6.33 Å². The van der Waals surface area contributed by atoms with Crippen molar-refractivity contribution in [2.24, 2.45) is 0 Å². The highest BCUT2D eigenvalue weighted by Gasteiger charge is 2.07. The third-order valence-electron chi connectivity index (χ3n) is 2.38. The molecule has 0 amide bonds. The van der Waals surface area contributed by atoms with Crippen LogP contribution in [0.15, 0.2) is 24.5 Å². The second-order valence-electron chi connectivity index (χ2n) is 3.57. The van der Waals surface area contributed by atoms with Gasteiger partial charge in [-0.1, -0.05) is 12.1 Å². The monoisotopic (exact) mass is 203 g/mol. The van der Waals surface area contributed by atoms with Crippen molar-refractivity contribution in [3.63, 3.8) is 0 Å². The van der Waals surface area contributed by atoms with Gasteiger partial charge in [-0.05, 0) is 31.0 Å². The molecule has 1 aromatic heterocycles. The quantitative estimate of drug-likeness (QED) is 0.802. The SMILES string of the molecule is Cc1ccc(C)c(-n2cnnc2CO)c1. The van der Waals surface area contributed by atoms with E-state index < -0.39 is 0 Å². The van der Waals surface area contributed by atoms with Gasteiger partial charge in [0.05, 0.1) is 5.69 Å². The summed E-state index contributed by atoms with van der Waals surface area (Å²) in [6.45, 7) is 3.95. The summed E-state index contributed by atoms with van der Waals surface area (Å²) in [4.78, 5) is 0. The van der Waals surface area contributed by atoms with Crippen LogP contribution in [0.4, 0.5) is 0 Å². The molecule has 78 valence electrons. The van der Waals surface area contributed by atoms with E-state index in [1.165, 1.54) is 5.56 Å². The first-order valence-electron chi connectivity index (χ1n) is 4.80. The van der Waals surface area contributed by atoms with Crippen LogP contribution < -0.4 is 0 Å². The third-order valence-corrected chi connectivity index (χ3v) is 2.38. The fourth-order valence-electron chi connectivity index (χ4n) is 1.55. The average Bonchev–Trinajstić information content (AvgIpc) is 2.69. The Morgan fingerprint density at radius 2 is 2.13 bits per heavy atom. The Kier molecular flexibility index (Phi) is 2.51. The Balaban J connectivity index is 2.58. The molecule has 0 aliphatic rings. The summed E-state index contributed by atoms with van der Waals surface area (Å²) in [5.41, 5.74) is 3.33. The summed E-state index contributed by atoms with van der Waals surface area (Å²) in [5, 5.41) is 16.7. The highest BCUT2D eigenvalue weighted by molar-refractivity contribution is 5.43. The molecule has 4 heteroatoms. The second-order valence-corrected chi connectivity index (χ2v) is 3.57. The third kappa shape index (κ3) is 1.76. The van der Waals surface area contributed by atoms with Gasteiger partial charge in [-0.3, -0.25) is 4.57 Å². The van der Waals surface area contributed by atoms with Gasteiger partial charge in [0.2, 0.25) is 0 Å². The molecule has 0 aliphatic carbocycles. The lowest BCUT2D eigenvalue weighted by Gasteiger charge is -2.09. The van der Waals surface area contributed by atoms with Crippen molar-refractivity contribution in [3.05, 3.63) is 41.5 Å². The molecular weight excluding hydrogens is 190 g/mol. The van der Waals surface area contributed by atoms with Crippen LogP contribution in [0.3, 0.4) is 0 Å². The molecule has 1 aromatic carbocycles. The topological polar surface area (TPSA) is 50.9 Å². The minimum Gasteiger partial charge on any atom is -0.388 e. The van der Waals surface area contributed by atoms with Crippen LogP contribution in [0.1, 0.15) is 17.0 Å². The van der Waals surface area contributed by atoms with Gasteiger partial charge in [0.25, 0.3) is 0 Å². The number of rotatable bonds is 2. The Morgan fingerprint density at radius 3 is 2.87 bits per heavy atom. The summed E-state index contributed by atoms with van der Waals surface area (Å²) in [7, 11) is 0. The number of aliphatic hydroxyl groups excluding tert-OH is 1. The number of aromatic nitrogens is 3. The largest absolute Gasteiger partial charge is 0.388 e. The van der Waals surface area contributed by atoms with Gasteiger partial charge in [-0.15, -0.1) is 10.2 Å². The van der Waals surface area contributed by atoms with Crippen LogP contribution in [0, 0.1) is 13.8 Å². The Bertz CT molecular complexity index is 476. The van der Waals surface area contributed by atoms with E-state index in [0.717, 1.165) is 11.3 Å². The number of aryl methyl sites for hydroxylation is 2. The number of hydrogen-bond donors (Lipinski definition) is 1. The van der Waals surface area contributed by atoms with Crippen molar-refractivity contribution in [2.75, 3.05) is 0 Å². The van der Waals surface area contributed by atoms with Gasteiger partial charge in [0, 0.05) is 0 Å². The van der Waals surface area contributed by atoms with Gasteiger partial charge >= 0.3 is 0 Å². The standard InChI is InChI=1S/C11H13N3O/c1-8-3-4-9(2)10(5-8)14-7-12-13-11(14)6-15/h3-5,7,15H,6H2,1-2H3. The molecule has 2 rings (SSSR count). The lowest BCUT2D eigenvalue weighted by Crippen LogP contribution is -2.02. The predicted octanol–water partition coefficient (Wildman–Crippen LogP) is 1.38. The molecule has 0 radical (unpaired) electrons. The van der Waals surface area contributed by atoms with Crippen molar-refractivity contribution in [3.8, 4) is 5.69 Å². The molecule has 0 unspecified atom stereocenters. The molecule has 4 nitrogen and oxygen atoms in total. The summed E-state index contributed by atoms with van der Waals surface area (Å²) < 4.78 is 1.81. The molecule has 0 fully saturated rings. The normalized spacial score (nSPS) is 10.6. The van der Waals surface area contributed by atoms with Gasteiger partial charge in [-0.2, -0.15) is 0 Å². The molecule has 1 N–H and O–H groups in total. The molecule has 0 saturated heterocycles. The van der Waals surface area contributed by atoms with E-state index in [1.807, 2.05) is 24.5 Å². The summed E-state index contributed by atoms with van der Waals surface area (Å²) in [6, 6.07) is 6.16. The van der Waals surface area contributed by atoms with Gasteiger partial charge in [0.15, 0.2) is 5.82 Å². The second kappa shape index (κ2) is 3.82. The molecule has 2 aromatic rings. The minimum atomic E-state index is -0.104. The van der Waals surface area contributed by atoms with E-state index in [-0.39, 0.29) is 6.61 Å². The van der Waals surface area contributed by atoms with Crippen LogP contribution in [0.2, 0.25) is 0 Å². The molecule has 0 spiro atoms. The van der Waals surface area contributed by atoms with Crippen molar-refractivity contribution < 1.29 is 5.11 Å². The number of aliphatic hydroxyl groups is 1. The average molecular weight is 203 g/mol. The molecule has 0 aliphatic heterocycles. The summed E-state index contributed by atoms with van der Waals surface area (Å²) in [5.74, 6) is 0.559. The van der Waals surface area contributed by atoms with Crippen LogP contribution in [-0.2, 0) is 6.61 Å². The van der Waals surface area contributed by atoms with Crippen LogP contribution in [-0.4, -0.2) is 19.9 Å². The van der Waals surface area contributed by atoms with Crippen molar-refractivity contribution in [2.45, 2.75) is 20.5 Å². The highest BCUT2D eigenvalue weighted by atomic mass is 16.3. The zero-order valence-electron chi connectivity index (χ0n) is 8.81. The van der Waals surface area contributed by atoms with E-state index in [2.05, 4.69) is 22.3 Å². The maximum Gasteiger partial charge on any atom is 0.163 e. The zero-order chi connectivity index (χ0) is 10.8. The van der Waals surface area contributed by atoms with E-state index in [9.17, 15) is 0 Å². The van der Waals surface area contributed by atoms with Crippen molar-refractivity contribution >= 4 is 0 Å². The minimum absolute atomic E-state index is 0.104. The van der Waals surface area contributed by atoms with Crippen LogP contribution in [0.25, 0.3) is 5.69 Å². The van der Waals surface area contributed by atoms with E-state index in [0.29, 0.717) is 5.82 Å². The summed E-state index contributed by atoms with van der Waals surface area (Å²) in [6.07, 6.45) is 1.62. The van der Waals surface area contributed by atoms with Crippen LogP contribution in [0.5, 0.6) is 0 Å². The Hall–Kier alpha value is -1.68. The lowest BCUT2D eigenvalue weighted by atomic mass is 10.1. The molecule has 1 heterocycles. The van der Waals surface area contributed by atoms with E-state index >= 15 is 0 Å². The molecule has 0 saturated carbocycles.